The monoisotopic (exact) mass is 255 g/mol. The van der Waals surface area contributed by atoms with Crippen molar-refractivity contribution in [3.8, 4) is 22.6 Å². The van der Waals surface area contributed by atoms with Crippen molar-refractivity contribution in [1.82, 2.24) is 10.1 Å². The van der Waals surface area contributed by atoms with Gasteiger partial charge < -0.3 is 10.3 Å². The van der Waals surface area contributed by atoms with E-state index in [4.69, 9.17) is 10.3 Å². The maximum atomic E-state index is 13.8. The molecule has 0 spiro atoms. The third-order valence-electron chi connectivity index (χ3n) is 2.76. The molecule has 5 heteroatoms. The average Bonchev–Trinajstić information content (AvgIpc) is 2.82. The van der Waals surface area contributed by atoms with Crippen LogP contribution in [0.4, 0.5) is 10.2 Å². The van der Waals surface area contributed by atoms with Gasteiger partial charge in [0.2, 0.25) is 0 Å². The van der Waals surface area contributed by atoms with Gasteiger partial charge in [-0.1, -0.05) is 23.4 Å². The molecule has 1 aromatic carbocycles. The van der Waals surface area contributed by atoms with Crippen molar-refractivity contribution in [1.29, 1.82) is 0 Å². The summed E-state index contributed by atoms with van der Waals surface area (Å²) >= 11 is 0. The zero-order chi connectivity index (χ0) is 13.2. The summed E-state index contributed by atoms with van der Waals surface area (Å²) < 4.78 is 19.0. The molecule has 0 unspecified atom stereocenters. The van der Waals surface area contributed by atoms with Crippen molar-refractivity contribution >= 4 is 5.82 Å². The van der Waals surface area contributed by atoms with E-state index in [0.717, 1.165) is 0 Å². The van der Waals surface area contributed by atoms with Gasteiger partial charge in [0.05, 0.1) is 16.8 Å². The van der Waals surface area contributed by atoms with Crippen molar-refractivity contribution in [2.24, 2.45) is 0 Å². The normalized spacial score (nSPS) is 10.6. The molecule has 0 saturated carbocycles. The quantitative estimate of drug-likeness (QED) is 0.764. The first kappa shape index (κ1) is 11.4. The van der Waals surface area contributed by atoms with Gasteiger partial charge in [-0.05, 0) is 24.3 Å². The SMILES string of the molecule is Nc1noc(-c2ccccc2F)c1-c1ccccn1. The van der Waals surface area contributed by atoms with Crippen molar-refractivity contribution in [3.63, 3.8) is 0 Å². The van der Waals surface area contributed by atoms with Gasteiger partial charge in [0.15, 0.2) is 11.6 Å². The van der Waals surface area contributed by atoms with Crippen LogP contribution in [0.15, 0.2) is 53.2 Å². The van der Waals surface area contributed by atoms with Gasteiger partial charge in [-0.25, -0.2) is 4.39 Å². The van der Waals surface area contributed by atoms with Crippen molar-refractivity contribution < 1.29 is 8.91 Å². The van der Waals surface area contributed by atoms with E-state index in [0.29, 0.717) is 16.8 Å². The number of nitrogens with zero attached hydrogens (tertiary/aromatic N) is 2. The van der Waals surface area contributed by atoms with Gasteiger partial charge in [-0.15, -0.1) is 0 Å². The molecular weight excluding hydrogens is 245 g/mol. The minimum Gasteiger partial charge on any atom is -0.380 e. The second-order valence-corrected chi connectivity index (χ2v) is 3.97. The molecule has 0 bridgehead atoms. The number of nitrogens with two attached hydrogens (primary N) is 1. The zero-order valence-electron chi connectivity index (χ0n) is 9.88. The first-order chi connectivity index (χ1) is 9.27. The van der Waals surface area contributed by atoms with Crippen LogP contribution in [0, 0.1) is 5.82 Å². The second kappa shape index (κ2) is 4.53. The topological polar surface area (TPSA) is 64.9 Å². The van der Waals surface area contributed by atoms with E-state index in [9.17, 15) is 4.39 Å². The standard InChI is InChI=1S/C14H10FN3O/c15-10-6-2-1-5-9(10)13-12(14(16)18-19-13)11-7-3-4-8-17-11/h1-8H,(H2,16,18). The molecule has 3 aromatic rings. The minimum atomic E-state index is -0.393. The summed E-state index contributed by atoms with van der Waals surface area (Å²) in [6.07, 6.45) is 1.63. The Morgan fingerprint density at radius 2 is 1.84 bits per heavy atom. The lowest BCUT2D eigenvalue weighted by molar-refractivity contribution is 0.433. The van der Waals surface area contributed by atoms with Crippen LogP contribution < -0.4 is 5.73 Å². The molecule has 19 heavy (non-hydrogen) atoms. The van der Waals surface area contributed by atoms with Crippen LogP contribution in [0.5, 0.6) is 0 Å². The van der Waals surface area contributed by atoms with Crippen LogP contribution in [0.3, 0.4) is 0 Å². The average molecular weight is 255 g/mol. The Labute approximate surface area is 108 Å². The van der Waals surface area contributed by atoms with Gasteiger partial charge in [0.25, 0.3) is 0 Å². The molecule has 0 radical (unpaired) electrons. The molecule has 3 rings (SSSR count). The number of halogens is 1. The molecule has 2 heterocycles. The number of aromatic nitrogens is 2. The lowest BCUT2D eigenvalue weighted by atomic mass is 10.1. The molecule has 2 N–H and O–H groups in total. The molecule has 0 aliphatic rings. The number of hydrogen-bond donors (Lipinski definition) is 1. The Bertz CT molecular complexity index is 710. The van der Waals surface area contributed by atoms with Gasteiger partial charge in [0.1, 0.15) is 5.82 Å². The van der Waals surface area contributed by atoms with E-state index in [2.05, 4.69) is 10.1 Å². The third kappa shape index (κ3) is 1.95. The Morgan fingerprint density at radius 1 is 1.05 bits per heavy atom. The zero-order valence-corrected chi connectivity index (χ0v) is 9.88. The minimum absolute atomic E-state index is 0.192. The summed E-state index contributed by atoms with van der Waals surface area (Å²) in [6, 6.07) is 11.7. The van der Waals surface area contributed by atoms with Crippen LogP contribution in [0.1, 0.15) is 0 Å². The van der Waals surface area contributed by atoms with Crippen LogP contribution in [0.25, 0.3) is 22.6 Å². The van der Waals surface area contributed by atoms with Crippen LogP contribution in [-0.2, 0) is 0 Å². The van der Waals surface area contributed by atoms with E-state index in [-0.39, 0.29) is 11.6 Å². The number of hydrogen-bond acceptors (Lipinski definition) is 4. The summed E-state index contributed by atoms with van der Waals surface area (Å²) in [6.45, 7) is 0. The fourth-order valence-corrected chi connectivity index (χ4v) is 1.89. The Morgan fingerprint density at radius 3 is 2.58 bits per heavy atom. The van der Waals surface area contributed by atoms with E-state index < -0.39 is 5.82 Å². The molecule has 0 amide bonds. The number of nitrogen functional groups attached to an aromatic ring is 1. The van der Waals surface area contributed by atoms with Crippen molar-refractivity contribution in [3.05, 3.63) is 54.5 Å². The molecule has 2 aromatic heterocycles. The fourth-order valence-electron chi connectivity index (χ4n) is 1.89. The first-order valence-corrected chi connectivity index (χ1v) is 5.69. The smallest absolute Gasteiger partial charge is 0.181 e. The van der Waals surface area contributed by atoms with Crippen LogP contribution in [-0.4, -0.2) is 10.1 Å². The second-order valence-electron chi connectivity index (χ2n) is 3.97. The first-order valence-electron chi connectivity index (χ1n) is 5.69. The Balaban J connectivity index is 2.23. The molecular formula is C14H10FN3O. The van der Waals surface area contributed by atoms with Gasteiger partial charge >= 0.3 is 0 Å². The molecule has 0 fully saturated rings. The lowest BCUT2D eigenvalue weighted by Crippen LogP contribution is -1.91. The number of pyridine rings is 1. The van der Waals surface area contributed by atoms with Gasteiger partial charge in [0, 0.05) is 6.20 Å². The maximum Gasteiger partial charge on any atom is 0.181 e. The van der Waals surface area contributed by atoms with Gasteiger partial charge in [-0.2, -0.15) is 0 Å². The lowest BCUT2D eigenvalue weighted by Gasteiger charge is -2.02. The van der Waals surface area contributed by atoms with E-state index in [1.807, 2.05) is 6.07 Å². The predicted molar refractivity (Wildman–Crippen MR) is 69.5 cm³/mol. The van der Waals surface area contributed by atoms with Crippen molar-refractivity contribution in [2.75, 3.05) is 5.73 Å². The number of anilines is 1. The van der Waals surface area contributed by atoms with Crippen molar-refractivity contribution in [2.45, 2.75) is 0 Å². The summed E-state index contributed by atoms with van der Waals surface area (Å²) in [4.78, 5) is 4.20. The number of benzene rings is 1. The van der Waals surface area contributed by atoms with Crippen LogP contribution >= 0.6 is 0 Å². The maximum absolute atomic E-state index is 13.8. The Hall–Kier alpha value is -2.69. The van der Waals surface area contributed by atoms with E-state index in [1.165, 1.54) is 6.07 Å². The highest BCUT2D eigenvalue weighted by atomic mass is 19.1. The fraction of sp³-hybridized carbons (Fsp3) is 0. The van der Waals surface area contributed by atoms with Crippen LogP contribution in [0.2, 0.25) is 0 Å². The predicted octanol–water partition coefficient (Wildman–Crippen LogP) is 3.12. The van der Waals surface area contributed by atoms with E-state index in [1.54, 1.807) is 36.5 Å². The molecule has 4 nitrogen and oxygen atoms in total. The summed E-state index contributed by atoms with van der Waals surface area (Å²) in [5, 5.41) is 3.71. The molecule has 0 saturated heterocycles. The third-order valence-corrected chi connectivity index (χ3v) is 2.76. The highest BCUT2D eigenvalue weighted by Gasteiger charge is 2.20. The van der Waals surface area contributed by atoms with Gasteiger partial charge in [-0.3, -0.25) is 4.98 Å². The highest BCUT2D eigenvalue weighted by molar-refractivity contribution is 5.84. The summed E-state index contributed by atoms with van der Waals surface area (Å²) in [5.41, 5.74) is 7.21. The molecule has 0 aliphatic carbocycles. The Kier molecular flexibility index (Phi) is 2.72. The highest BCUT2D eigenvalue weighted by Crippen LogP contribution is 2.36. The number of rotatable bonds is 2. The molecule has 0 aliphatic heterocycles. The molecule has 0 atom stereocenters. The summed E-state index contributed by atoms with van der Waals surface area (Å²) in [5.74, 6) is 0.0853. The largest absolute Gasteiger partial charge is 0.380 e. The van der Waals surface area contributed by atoms with E-state index >= 15 is 0 Å². The molecule has 94 valence electrons. The summed E-state index contributed by atoms with van der Waals surface area (Å²) in [7, 11) is 0.